The van der Waals surface area contributed by atoms with E-state index in [2.05, 4.69) is 6.58 Å². The predicted octanol–water partition coefficient (Wildman–Crippen LogP) is -1.06. The highest BCUT2D eigenvalue weighted by Gasteiger charge is 2.38. The van der Waals surface area contributed by atoms with Gasteiger partial charge in [-0.1, -0.05) is 12.7 Å². The molecule has 11 nitrogen and oxygen atoms in total. The number of ether oxygens (including phenoxy) is 2. The number of carbonyl (C=O) groups excluding carboxylic acids is 3. The lowest BCUT2D eigenvalue weighted by Gasteiger charge is -2.23. The molecule has 0 bridgehead atoms. The van der Waals surface area contributed by atoms with Crippen LogP contribution in [0.25, 0.3) is 0 Å². The molecule has 12 heteroatoms. The van der Waals surface area contributed by atoms with Gasteiger partial charge in [0.25, 0.3) is 16.0 Å². The fraction of sp³-hybridized carbons (Fsp3) is 0.615. The lowest BCUT2D eigenvalue weighted by Crippen LogP contribution is -2.41. The van der Waals surface area contributed by atoms with Crippen LogP contribution >= 0.6 is 0 Å². The van der Waals surface area contributed by atoms with Crippen LogP contribution in [0.3, 0.4) is 0 Å². The van der Waals surface area contributed by atoms with Crippen molar-refractivity contribution in [2.75, 3.05) is 32.6 Å². The first kappa shape index (κ1) is 20.9. The molecular weight excluding hydrogens is 358 g/mol. The molecule has 1 fully saturated rings. The van der Waals surface area contributed by atoms with Crippen molar-refractivity contribution in [1.29, 1.82) is 0 Å². The Hall–Kier alpha value is -2.18. The standard InChI is InChI=1S/C13H21N3O8S/c1-3-4-23-13(19)16-6-10(24-25(2,20)21)5-9(16)7-22-8-11(17)15-12(14)18/h3,9-10H,1,4-8H2,2H3,(H3,14,15,17,18)/t9-,10+/m0/s1. The van der Waals surface area contributed by atoms with Gasteiger partial charge in [0.15, 0.2) is 0 Å². The molecule has 25 heavy (non-hydrogen) atoms. The minimum atomic E-state index is -3.70. The van der Waals surface area contributed by atoms with Crippen LogP contribution in [0.4, 0.5) is 9.59 Å². The molecule has 2 atom stereocenters. The van der Waals surface area contributed by atoms with Crippen molar-refractivity contribution in [2.45, 2.75) is 18.6 Å². The summed E-state index contributed by atoms with van der Waals surface area (Å²) in [5.41, 5.74) is 4.80. The average molecular weight is 379 g/mol. The zero-order valence-corrected chi connectivity index (χ0v) is 14.5. The molecule has 142 valence electrons. The van der Waals surface area contributed by atoms with Crippen molar-refractivity contribution < 1.29 is 36.5 Å². The fourth-order valence-electron chi connectivity index (χ4n) is 2.25. The largest absolute Gasteiger partial charge is 0.445 e. The zero-order valence-electron chi connectivity index (χ0n) is 13.7. The molecule has 0 radical (unpaired) electrons. The number of nitrogens with zero attached hydrogens (tertiary/aromatic N) is 1. The summed E-state index contributed by atoms with van der Waals surface area (Å²) in [5, 5.41) is 1.82. The van der Waals surface area contributed by atoms with Gasteiger partial charge in [0.2, 0.25) is 0 Å². The summed E-state index contributed by atoms with van der Waals surface area (Å²) in [6, 6.07) is -1.57. The van der Waals surface area contributed by atoms with Crippen molar-refractivity contribution in [3.05, 3.63) is 12.7 Å². The molecule has 0 aliphatic carbocycles. The van der Waals surface area contributed by atoms with Gasteiger partial charge in [-0.05, 0) is 6.42 Å². The lowest BCUT2D eigenvalue weighted by molar-refractivity contribution is -0.124. The number of hydrogen-bond donors (Lipinski definition) is 2. The van der Waals surface area contributed by atoms with E-state index in [1.54, 1.807) is 0 Å². The first-order chi connectivity index (χ1) is 11.6. The molecule has 4 amide bonds. The highest BCUT2D eigenvalue weighted by atomic mass is 32.2. The number of likely N-dealkylation sites (tertiary alicyclic amines) is 1. The molecule has 0 aromatic carbocycles. The Balaban J connectivity index is 2.63. The number of hydrogen-bond acceptors (Lipinski definition) is 8. The Morgan fingerprint density at radius 2 is 2.08 bits per heavy atom. The number of nitrogens with one attached hydrogen (secondary N) is 1. The van der Waals surface area contributed by atoms with Gasteiger partial charge in [-0.25, -0.2) is 9.59 Å². The number of nitrogens with two attached hydrogens (primary N) is 1. The molecule has 0 unspecified atom stereocenters. The second-order valence-corrected chi connectivity index (χ2v) is 6.86. The molecule has 0 aromatic heterocycles. The van der Waals surface area contributed by atoms with E-state index in [1.807, 2.05) is 5.32 Å². The molecule has 0 saturated carbocycles. The Bertz CT molecular complexity index is 621. The van der Waals surface area contributed by atoms with Gasteiger partial charge in [-0.2, -0.15) is 8.42 Å². The van der Waals surface area contributed by atoms with Crippen molar-refractivity contribution in [1.82, 2.24) is 10.2 Å². The minimum absolute atomic E-state index is 0.00937. The summed E-state index contributed by atoms with van der Waals surface area (Å²) in [5.74, 6) is -0.741. The predicted molar refractivity (Wildman–Crippen MR) is 84.9 cm³/mol. The minimum Gasteiger partial charge on any atom is -0.445 e. The average Bonchev–Trinajstić information content (AvgIpc) is 2.84. The summed E-state index contributed by atoms with van der Waals surface area (Å²) in [6.07, 6.45) is 1.03. The summed E-state index contributed by atoms with van der Waals surface area (Å²) in [4.78, 5) is 35.1. The van der Waals surface area contributed by atoms with Gasteiger partial charge in [0, 0.05) is 0 Å². The van der Waals surface area contributed by atoms with E-state index >= 15 is 0 Å². The van der Waals surface area contributed by atoms with Crippen molar-refractivity contribution in [3.63, 3.8) is 0 Å². The summed E-state index contributed by atoms with van der Waals surface area (Å²) < 4.78 is 37.5. The van der Waals surface area contributed by atoms with E-state index in [4.69, 9.17) is 19.4 Å². The summed E-state index contributed by atoms with van der Waals surface area (Å²) in [6.45, 7) is 2.87. The number of urea groups is 1. The van der Waals surface area contributed by atoms with Gasteiger partial charge in [-0.15, -0.1) is 0 Å². The monoisotopic (exact) mass is 379 g/mol. The van der Waals surface area contributed by atoms with Crippen LogP contribution in [0, 0.1) is 0 Å². The maximum Gasteiger partial charge on any atom is 0.410 e. The second-order valence-electron chi connectivity index (χ2n) is 5.26. The first-order valence-electron chi connectivity index (χ1n) is 7.22. The Kier molecular flexibility index (Phi) is 7.80. The number of carbonyl (C=O) groups is 3. The third kappa shape index (κ3) is 7.96. The van der Waals surface area contributed by atoms with Crippen LogP contribution in [-0.4, -0.2) is 76.1 Å². The first-order valence-corrected chi connectivity index (χ1v) is 9.03. The van der Waals surface area contributed by atoms with E-state index in [0.29, 0.717) is 0 Å². The Morgan fingerprint density at radius 3 is 2.64 bits per heavy atom. The van der Waals surface area contributed by atoms with Crippen LogP contribution in [0.1, 0.15) is 6.42 Å². The van der Waals surface area contributed by atoms with Crippen LogP contribution in [0.15, 0.2) is 12.7 Å². The Morgan fingerprint density at radius 1 is 1.40 bits per heavy atom. The molecule has 1 saturated heterocycles. The van der Waals surface area contributed by atoms with Gasteiger partial charge in [-0.3, -0.25) is 14.3 Å². The molecule has 1 aliphatic rings. The van der Waals surface area contributed by atoms with E-state index < -0.39 is 46.9 Å². The van der Waals surface area contributed by atoms with Crippen LogP contribution in [0.2, 0.25) is 0 Å². The van der Waals surface area contributed by atoms with Crippen molar-refractivity contribution >= 4 is 28.1 Å². The highest BCUT2D eigenvalue weighted by Crippen LogP contribution is 2.23. The number of rotatable bonds is 8. The number of primary amides is 1. The summed E-state index contributed by atoms with van der Waals surface area (Å²) in [7, 11) is -3.70. The highest BCUT2D eigenvalue weighted by molar-refractivity contribution is 7.86. The molecule has 1 aliphatic heterocycles. The van der Waals surface area contributed by atoms with E-state index in [-0.39, 0.29) is 26.2 Å². The maximum absolute atomic E-state index is 12.0. The molecule has 0 spiro atoms. The van der Waals surface area contributed by atoms with Crippen LogP contribution in [-0.2, 0) is 28.6 Å². The number of imide groups is 1. The third-order valence-electron chi connectivity index (χ3n) is 3.05. The maximum atomic E-state index is 12.0. The number of amides is 4. The summed E-state index contributed by atoms with van der Waals surface area (Å²) >= 11 is 0. The van der Waals surface area contributed by atoms with Crippen molar-refractivity contribution in [2.24, 2.45) is 5.73 Å². The molecular formula is C13H21N3O8S. The topological polar surface area (TPSA) is 154 Å². The van der Waals surface area contributed by atoms with Gasteiger partial charge < -0.3 is 20.1 Å². The molecule has 0 aromatic rings. The zero-order chi connectivity index (χ0) is 19.0. The fourth-order valence-corrected chi connectivity index (χ4v) is 2.88. The molecule has 1 heterocycles. The van der Waals surface area contributed by atoms with Crippen LogP contribution < -0.4 is 11.1 Å². The second kappa shape index (κ2) is 9.34. The van der Waals surface area contributed by atoms with E-state index in [1.165, 1.54) is 11.0 Å². The van der Waals surface area contributed by atoms with Crippen molar-refractivity contribution in [3.8, 4) is 0 Å². The van der Waals surface area contributed by atoms with Gasteiger partial charge in [0.05, 0.1) is 31.6 Å². The van der Waals surface area contributed by atoms with Crippen LogP contribution in [0.5, 0.6) is 0 Å². The quantitative estimate of drug-likeness (QED) is 0.399. The smallest absolute Gasteiger partial charge is 0.410 e. The SMILES string of the molecule is C=CCOC(=O)N1C[C@H](OS(C)(=O)=O)C[C@H]1COCC(=O)NC(N)=O. The van der Waals surface area contributed by atoms with E-state index in [9.17, 15) is 22.8 Å². The van der Waals surface area contributed by atoms with Gasteiger partial charge >= 0.3 is 12.1 Å². The molecule has 3 N–H and O–H groups in total. The molecule has 1 rings (SSSR count). The Labute approximate surface area is 145 Å². The third-order valence-corrected chi connectivity index (χ3v) is 3.67. The van der Waals surface area contributed by atoms with Gasteiger partial charge in [0.1, 0.15) is 13.2 Å². The lowest BCUT2D eigenvalue weighted by atomic mass is 10.2. The van der Waals surface area contributed by atoms with E-state index in [0.717, 1.165) is 6.26 Å². The normalized spacial score (nSPS) is 20.1.